The fraction of sp³-hybridized carbons (Fsp3) is 0.450. The molecule has 2 aliphatic heterocycles. The fourth-order valence-electron chi connectivity index (χ4n) is 3.90. The van der Waals surface area contributed by atoms with Crippen LogP contribution in [0.3, 0.4) is 0 Å². The topological polar surface area (TPSA) is 76.5 Å². The third kappa shape index (κ3) is 4.54. The molecule has 0 bridgehead atoms. The van der Waals surface area contributed by atoms with Gasteiger partial charge in [0.15, 0.2) is 5.69 Å². The molecule has 2 amide bonds. The third-order valence-electron chi connectivity index (χ3n) is 5.42. The van der Waals surface area contributed by atoms with Crippen molar-refractivity contribution in [3.63, 3.8) is 0 Å². The van der Waals surface area contributed by atoms with Crippen LogP contribution in [-0.2, 0) is 40.1 Å². The number of amides is 2. The van der Waals surface area contributed by atoms with Crippen LogP contribution in [0.5, 0.6) is 0 Å². The zero-order valence-electron chi connectivity index (χ0n) is 16.4. The van der Waals surface area contributed by atoms with Crippen molar-refractivity contribution in [1.29, 1.82) is 0 Å². The lowest BCUT2D eigenvalue weighted by atomic mass is 10.1. The number of anilines is 1. The van der Waals surface area contributed by atoms with Crippen molar-refractivity contribution in [3.05, 3.63) is 46.2 Å². The normalized spacial score (nSPS) is 18.9. The lowest BCUT2D eigenvalue weighted by Crippen LogP contribution is -2.35. The average Bonchev–Trinajstić information content (AvgIpc) is 3.30. The Bertz CT molecular complexity index is 991. The second kappa shape index (κ2) is 8.51. The van der Waals surface area contributed by atoms with Gasteiger partial charge in [0, 0.05) is 47.9 Å². The van der Waals surface area contributed by atoms with E-state index >= 15 is 0 Å². The third-order valence-corrected chi connectivity index (χ3v) is 5.67. The van der Waals surface area contributed by atoms with Gasteiger partial charge in [0.1, 0.15) is 0 Å². The van der Waals surface area contributed by atoms with E-state index in [1.165, 1.54) is 9.58 Å². The molecule has 1 fully saturated rings. The highest BCUT2D eigenvalue weighted by atomic mass is 35.5. The molecule has 3 heterocycles. The van der Waals surface area contributed by atoms with Gasteiger partial charge in [-0.25, -0.2) is 0 Å². The predicted octanol–water partition coefficient (Wildman–Crippen LogP) is 2.80. The molecule has 166 valence electrons. The number of carbonyl (C=O) groups is 2. The number of alkyl halides is 3. The van der Waals surface area contributed by atoms with E-state index in [4.69, 9.17) is 16.3 Å². The number of carbonyl (C=O) groups excluding carboxylic acids is 2. The summed E-state index contributed by atoms with van der Waals surface area (Å²) in [6.07, 6.45) is -4.16. The summed E-state index contributed by atoms with van der Waals surface area (Å²) in [5, 5.41) is 6.98. The van der Waals surface area contributed by atoms with E-state index in [0.717, 1.165) is 0 Å². The summed E-state index contributed by atoms with van der Waals surface area (Å²) in [5.74, 6) is -1.02. The Morgan fingerprint density at radius 3 is 2.74 bits per heavy atom. The van der Waals surface area contributed by atoms with Gasteiger partial charge >= 0.3 is 6.18 Å². The first kappa shape index (κ1) is 21.6. The van der Waals surface area contributed by atoms with E-state index in [1.54, 1.807) is 24.3 Å². The molecule has 0 radical (unpaired) electrons. The Balaban J connectivity index is 1.36. The van der Waals surface area contributed by atoms with Crippen LogP contribution >= 0.6 is 11.6 Å². The van der Waals surface area contributed by atoms with E-state index < -0.39 is 17.8 Å². The zero-order chi connectivity index (χ0) is 22.2. The highest BCUT2D eigenvalue weighted by molar-refractivity contribution is 6.30. The van der Waals surface area contributed by atoms with Crippen molar-refractivity contribution in [2.45, 2.75) is 32.2 Å². The number of nitrogens with one attached hydrogen (secondary N) is 1. The van der Waals surface area contributed by atoms with Gasteiger partial charge in [0.05, 0.1) is 25.7 Å². The smallest absolute Gasteiger partial charge is 0.376 e. The largest absolute Gasteiger partial charge is 0.435 e. The molecule has 1 aromatic carbocycles. The number of hydrogen-bond donors (Lipinski definition) is 1. The molecule has 0 saturated carbocycles. The summed E-state index contributed by atoms with van der Waals surface area (Å²) in [4.78, 5) is 26.4. The molecule has 31 heavy (non-hydrogen) atoms. The second-order valence-electron chi connectivity index (χ2n) is 7.47. The van der Waals surface area contributed by atoms with Crippen molar-refractivity contribution in [1.82, 2.24) is 15.1 Å². The molecule has 0 spiro atoms. The quantitative estimate of drug-likeness (QED) is 0.750. The Morgan fingerprint density at radius 2 is 2.03 bits per heavy atom. The van der Waals surface area contributed by atoms with Gasteiger partial charge in [-0.2, -0.15) is 18.3 Å². The number of hydrogen-bond acceptors (Lipinski definition) is 4. The monoisotopic (exact) mass is 456 g/mol. The second-order valence-corrected chi connectivity index (χ2v) is 7.91. The molecule has 0 aliphatic carbocycles. The van der Waals surface area contributed by atoms with Crippen LogP contribution in [0, 0.1) is 5.92 Å². The van der Waals surface area contributed by atoms with E-state index in [9.17, 15) is 22.8 Å². The van der Waals surface area contributed by atoms with Gasteiger partial charge < -0.3 is 15.0 Å². The number of nitrogens with zero attached hydrogens (tertiary/aromatic N) is 3. The molecular formula is C20H20ClF3N4O3. The summed E-state index contributed by atoms with van der Waals surface area (Å²) in [6.45, 7) is 0.649. The molecule has 1 unspecified atom stereocenters. The molecule has 1 saturated heterocycles. The maximum absolute atomic E-state index is 13.2. The van der Waals surface area contributed by atoms with Gasteiger partial charge in [0.2, 0.25) is 11.8 Å². The van der Waals surface area contributed by atoms with E-state index in [2.05, 4.69) is 10.4 Å². The van der Waals surface area contributed by atoms with Crippen LogP contribution in [0.4, 0.5) is 18.9 Å². The number of rotatable bonds is 5. The highest BCUT2D eigenvalue weighted by Crippen LogP contribution is 2.34. The SMILES string of the molecule is O=C(NCCn1nc(C(F)(F)F)c2c1CCOC2)C1CC(=O)N(c2ccc(Cl)cc2)C1. The Hall–Kier alpha value is -2.59. The van der Waals surface area contributed by atoms with Crippen LogP contribution in [0.15, 0.2) is 24.3 Å². The molecule has 2 aliphatic rings. The molecule has 2 aromatic rings. The average molecular weight is 457 g/mol. The van der Waals surface area contributed by atoms with Gasteiger partial charge in [-0.15, -0.1) is 0 Å². The van der Waals surface area contributed by atoms with Gasteiger partial charge in [-0.1, -0.05) is 11.6 Å². The molecule has 1 aromatic heterocycles. The number of halogens is 4. The first-order valence-corrected chi connectivity index (χ1v) is 10.2. The van der Waals surface area contributed by atoms with Gasteiger partial charge in [0.25, 0.3) is 0 Å². The number of ether oxygens (including phenoxy) is 1. The summed E-state index contributed by atoms with van der Waals surface area (Å²) >= 11 is 5.87. The zero-order valence-corrected chi connectivity index (χ0v) is 17.2. The lowest BCUT2D eigenvalue weighted by molar-refractivity contribution is -0.142. The molecular weight excluding hydrogens is 437 g/mol. The highest BCUT2D eigenvalue weighted by Gasteiger charge is 2.40. The Labute approximate surface area is 181 Å². The van der Waals surface area contributed by atoms with Crippen LogP contribution in [0.2, 0.25) is 5.02 Å². The summed E-state index contributed by atoms with van der Waals surface area (Å²) in [6, 6.07) is 6.76. The van der Waals surface area contributed by atoms with Crippen molar-refractivity contribution in [3.8, 4) is 0 Å². The maximum Gasteiger partial charge on any atom is 0.435 e. The molecule has 4 rings (SSSR count). The Morgan fingerprint density at radius 1 is 1.29 bits per heavy atom. The minimum atomic E-state index is -4.56. The molecule has 1 N–H and O–H groups in total. The summed E-state index contributed by atoms with van der Waals surface area (Å²) in [7, 11) is 0. The van der Waals surface area contributed by atoms with Gasteiger partial charge in [-0.3, -0.25) is 14.3 Å². The molecule has 11 heteroatoms. The first-order chi connectivity index (χ1) is 14.7. The van der Waals surface area contributed by atoms with Crippen molar-refractivity contribution >= 4 is 29.1 Å². The molecule has 1 atom stereocenters. The standard InChI is InChI=1S/C20H20ClF3N4O3/c21-13-1-3-14(4-2-13)27-10-12(9-17(27)29)19(30)25-6-7-28-16-5-8-31-11-15(16)18(26-28)20(22,23)24/h1-4,12H,5-11H2,(H,25,30). The molecule has 7 nitrogen and oxygen atoms in total. The Kier molecular flexibility index (Phi) is 5.94. The van der Waals surface area contributed by atoms with E-state index in [1.807, 2.05) is 0 Å². The number of fused-ring (bicyclic) bond motifs is 1. The fourth-order valence-corrected chi connectivity index (χ4v) is 4.03. The number of benzene rings is 1. The van der Waals surface area contributed by atoms with Crippen molar-refractivity contribution in [2.75, 3.05) is 24.6 Å². The minimum absolute atomic E-state index is 0.0603. The van der Waals surface area contributed by atoms with E-state index in [0.29, 0.717) is 29.4 Å². The van der Waals surface area contributed by atoms with Crippen molar-refractivity contribution < 1.29 is 27.5 Å². The first-order valence-electron chi connectivity index (χ1n) is 9.81. The van der Waals surface area contributed by atoms with Crippen LogP contribution < -0.4 is 10.2 Å². The van der Waals surface area contributed by atoms with Crippen LogP contribution in [0.25, 0.3) is 0 Å². The summed E-state index contributed by atoms with van der Waals surface area (Å²) < 4.78 is 46.1. The summed E-state index contributed by atoms with van der Waals surface area (Å²) in [5.41, 5.74) is 0.270. The van der Waals surface area contributed by atoms with Crippen LogP contribution in [-0.4, -0.2) is 41.3 Å². The predicted molar refractivity (Wildman–Crippen MR) is 106 cm³/mol. The van der Waals surface area contributed by atoms with E-state index in [-0.39, 0.29) is 50.0 Å². The number of aromatic nitrogens is 2. The van der Waals surface area contributed by atoms with Crippen molar-refractivity contribution in [2.24, 2.45) is 5.92 Å². The van der Waals surface area contributed by atoms with Gasteiger partial charge in [-0.05, 0) is 24.3 Å². The minimum Gasteiger partial charge on any atom is -0.376 e. The lowest BCUT2D eigenvalue weighted by Gasteiger charge is -2.17. The van der Waals surface area contributed by atoms with Crippen LogP contribution in [0.1, 0.15) is 23.4 Å². The maximum atomic E-state index is 13.2.